The maximum Gasteiger partial charge on any atom is 0.329 e. The molecule has 3 rings (SSSR count). The first-order valence-corrected chi connectivity index (χ1v) is 9.68. The third kappa shape index (κ3) is 3.82. The molecule has 0 saturated carbocycles. The summed E-state index contributed by atoms with van der Waals surface area (Å²) in [4.78, 5) is 43.0. The molecule has 146 valence electrons. The topological polar surface area (TPSA) is 90.3 Å². The van der Waals surface area contributed by atoms with E-state index in [9.17, 15) is 14.4 Å². The molecular weight excluding hydrogens is 378 g/mol. The lowest BCUT2D eigenvalue weighted by molar-refractivity contribution is -0.151. The molecule has 7 nitrogen and oxygen atoms in total. The van der Waals surface area contributed by atoms with Crippen molar-refractivity contribution in [3.8, 4) is 0 Å². The molecule has 28 heavy (non-hydrogen) atoms. The van der Waals surface area contributed by atoms with Crippen LogP contribution in [0.2, 0.25) is 0 Å². The molecule has 3 aromatic rings. The maximum atomic E-state index is 13.0. The van der Waals surface area contributed by atoms with Crippen LogP contribution in [0.1, 0.15) is 42.0 Å². The molecule has 0 aliphatic rings. The second-order valence-corrected chi connectivity index (χ2v) is 7.67. The molecule has 0 bridgehead atoms. The van der Waals surface area contributed by atoms with E-state index in [1.54, 1.807) is 39.8 Å². The zero-order chi connectivity index (χ0) is 20.4. The van der Waals surface area contributed by atoms with Gasteiger partial charge in [0.15, 0.2) is 0 Å². The molecule has 0 unspecified atom stereocenters. The van der Waals surface area contributed by atoms with Crippen LogP contribution >= 0.6 is 11.3 Å². The molecule has 0 fully saturated rings. The number of esters is 1. The van der Waals surface area contributed by atoms with Crippen molar-refractivity contribution in [2.45, 2.75) is 39.8 Å². The third-order valence-corrected chi connectivity index (χ3v) is 5.42. The molecule has 0 aliphatic heterocycles. The van der Waals surface area contributed by atoms with Crippen molar-refractivity contribution in [3.63, 3.8) is 0 Å². The molecule has 2 aromatic heterocycles. The summed E-state index contributed by atoms with van der Waals surface area (Å²) >= 11 is 1.15. The summed E-state index contributed by atoms with van der Waals surface area (Å²) in [6.45, 7) is 6.79. The smallest absolute Gasteiger partial charge is 0.329 e. The molecule has 0 saturated heterocycles. The van der Waals surface area contributed by atoms with Gasteiger partial charge in [-0.15, -0.1) is 11.3 Å². The standard InChI is InChI=1S/C20H21N3O4S/c1-11(2)27-20(26)13(4)23-10-21-18-15(19(23)25)12(3)16(28-18)17(24)22-14-8-6-5-7-9-14/h5-11,13H,1-4H3,(H,22,24)/t13-/m1/s1. The lowest BCUT2D eigenvalue weighted by atomic mass is 10.2. The quantitative estimate of drug-likeness (QED) is 0.663. The molecule has 1 amide bonds. The van der Waals surface area contributed by atoms with Gasteiger partial charge >= 0.3 is 5.97 Å². The number of thiophene rings is 1. The van der Waals surface area contributed by atoms with Crippen molar-refractivity contribution in [2.24, 2.45) is 0 Å². The molecule has 1 N–H and O–H groups in total. The molecule has 1 atom stereocenters. The van der Waals surface area contributed by atoms with Gasteiger partial charge in [-0.2, -0.15) is 0 Å². The largest absolute Gasteiger partial charge is 0.461 e. The number of para-hydroxylation sites is 1. The number of nitrogens with zero attached hydrogens (tertiary/aromatic N) is 2. The third-order valence-electron chi connectivity index (χ3n) is 4.22. The second-order valence-electron chi connectivity index (χ2n) is 6.68. The lowest BCUT2D eigenvalue weighted by Crippen LogP contribution is -2.30. The van der Waals surface area contributed by atoms with E-state index >= 15 is 0 Å². The molecule has 1 aromatic carbocycles. The first-order chi connectivity index (χ1) is 13.3. The Morgan fingerprint density at radius 3 is 2.50 bits per heavy atom. The van der Waals surface area contributed by atoms with E-state index < -0.39 is 12.0 Å². The van der Waals surface area contributed by atoms with Crippen molar-refractivity contribution in [1.82, 2.24) is 9.55 Å². The molecule has 0 aliphatic carbocycles. The van der Waals surface area contributed by atoms with Crippen molar-refractivity contribution in [2.75, 3.05) is 5.32 Å². The van der Waals surface area contributed by atoms with E-state index in [0.717, 1.165) is 11.3 Å². The van der Waals surface area contributed by atoms with Crippen molar-refractivity contribution >= 4 is 39.1 Å². The Hall–Kier alpha value is -3.00. The number of amides is 1. The van der Waals surface area contributed by atoms with Crippen molar-refractivity contribution < 1.29 is 14.3 Å². The monoisotopic (exact) mass is 399 g/mol. The number of fused-ring (bicyclic) bond motifs is 1. The highest BCUT2D eigenvalue weighted by atomic mass is 32.1. The first kappa shape index (κ1) is 19.8. The van der Waals surface area contributed by atoms with Crippen LogP contribution in [-0.4, -0.2) is 27.5 Å². The minimum Gasteiger partial charge on any atom is -0.461 e. The number of carbonyl (C=O) groups excluding carboxylic acids is 2. The SMILES string of the molecule is Cc1c(C(=O)Nc2ccccc2)sc2ncn([C@H](C)C(=O)OC(C)C)c(=O)c12. The molecule has 0 radical (unpaired) electrons. The van der Waals surface area contributed by atoms with Crippen LogP contribution in [0.5, 0.6) is 0 Å². The van der Waals surface area contributed by atoms with E-state index in [0.29, 0.717) is 26.3 Å². The Morgan fingerprint density at radius 2 is 1.86 bits per heavy atom. The van der Waals surface area contributed by atoms with E-state index in [4.69, 9.17) is 4.74 Å². The van der Waals surface area contributed by atoms with Crippen LogP contribution in [0.25, 0.3) is 10.2 Å². The molecule has 8 heteroatoms. The average Bonchev–Trinajstić information content (AvgIpc) is 2.99. The van der Waals surface area contributed by atoms with E-state index in [1.807, 2.05) is 18.2 Å². The van der Waals surface area contributed by atoms with Gasteiger partial charge in [-0.05, 0) is 45.4 Å². The molecular formula is C20H21N3O4S. The van der Waals surface area contributed by atoms with Gasteiger partial charge < -0.3 is 10.1 Å². The summed E-state index contributed by atoms with van der Waals surface area (Å²) in [6.07, 6.45) is 1.05. The van der Waals surface area contributed by atoms with E-state index in [-0.39, 0.29) is 17.6 Å². The number of aryl methyl sites for hydroxylation is 1. The van der Waals surface area contributed by atoms with Crippen LogP contribution < -0.4 is 10.9 Å². The minimum atomic E-state index is -0.812. The number of ether oxygens (including phenoxy) is 1. The number of rotatable bonds is 5. The predicted octanol–water partition coefficient (Wildman–Crippen LogP) is 3.53. The normalized spacial score (nSPS) is 12.2. The van der Waals surface area contributed by atoms with Crippen molar-refractivity contribution in [3.05, 3.63) is 57.5 Å². The highest BCUT2D eigenvalue weighted by Gasteiger charge is 2.24. The molecule has 2 heterocycles. The fourth-order valence-electron chi connectivity index (χ4n) is 2.78. The van der Waals surface area contributed by atoms with Gasteiger partial charge in [-0.1, -0.05) is 18.2 Å². The highest BCUT2D eigenvalue weighted by molar-refractivity contribution is 7.20. The lowest BCUT2D eigenvalue weighted by Gasteiger charge is -2.15. The van der Waals surface area contributed by atoms with Crippen molar-refractivity contribution in [1.29, 1.82) is 0 Å². The van der Waals surface area contributed by atoms with Gasteiger partial charge in [-0.3, -0.25) is 14.2 Å². The minimum absolute atomic E-state index is 0.279. The van der Waals surface area contributed by atoms with Gasteiger partial charge in [0, 0.05) is 5.69 Å². The van der Waals surface area contributed by atoms with Gasteiger partial charge in [-0.25, -0.2) is 9.78 Å². The summed E-state index contributed by atoms with van der Waals surface area (Å²) in [5, 5.41) is 3.16. The zero-order valence-electron chi connectivity index (χ0n) is 16.1. The Balaban J connectivity index is 1.98. The Morgan fingerprint density at radius 1 is 1.18 bits per heavy atom. The Kier molecular flexibility index (Phi) is 5.60. The Bertz CT molecular complexity index is 1090. The van der Waals surface area contributed by atoms with Gasteiger partial charge in [0.25, 0.3) is 11.5 Å². The van der Waals surface area contributed by atoms with Gasteiger partial charge in [0.2, 0.25) is 0 Å². The van der Waals surface area contributed by atoms with Gasteiger partial charge in [0.05, 0.1) is 22.7 Å². The number of aromatic nitrogens is 2. The van der Waals surface area contributed by atoms with Gasteiger partial charge in [0.1, 0.15) is 10.9 Å². The van der Waals surface area contributed by atoms with Crippen LogP contribution in [0.4, 0.5) is 5.69 Å². The fraction of sp³-hybridized carbons (Fsp3) is 0.300. The van der Waals surface area contributed by atoms with Crippen LogP contribution in [0, 0.1) is 6.92 Å². The first-order valence-electron chi connectivity index (χ1n) is 8.86. The number of benzene rings is 1. The fourth-order valence-corrected chi connectivity index (χ4v) is 3.82. The summed E-state index contributed by atoms with van der Waals surface area (Å²) < 4.78 is 6.43. The number of anilines is 1. The summed E-state index contributed by atoms with van der Waals surface area (Å²) in [7, 11) is 0. The number of carbonyl (C=O) groups is 2. The Labute approximate surface area is 166 Å². The predicted molar refractivity (Wildman–Crippen MR) is 109 cm³/mol. The van der Waals surface area contributed by atoms with Crippen LogP contribution in [0.15, 0.2) is 41.5 Å². The zero-order valence-corrected chi connectivity index (χ0v) is 16.9. The summed E-state index contributed by atoms with van der Waals surface area (Å²) in [5.41, 5.74) is 0.843. The highest BCUT2D eigenvalue weighted by Crippen LogP contribution is 2.28. The number of hydrogen-bond donors (Lipinski definition) is 1. The number of hydrogen-bond acceptors (Lipinski definition) is 6. The number of nitrogens with one attached hydrogen (secondary N) is 1. The average molecular weight is 399 g/mol. The maximum absolute atomic E-state index is 13.0. The van der Waals surface area contributed by atoms with E-state index in [1.165, 1.54) is 10.9 Å². The summed E-state index contributed by atoms with van der Waals surface area (Å²) in [5.74, 6) is -0.807. The molecule has 0 spiro atoms. The second kappa shape index (κ2) is 7.93. The van der Waals surface area contributed by atoms with Crippen LogP contribution in [-0.2, 0) is 9.53 Å². The summed E-state index contributed by atoms with van der Waals surface area (Å²) in [6, 6.07) is 8.27. The van der Waals surface area contributed by atoms with E-state index in [2.05, 4.69) is 10.3 Å². The van der Waals surface area contributed by atoms with Crippen LogP contribution in [0.3, 0.4) is 0 Å².